The predicted molar refractivity (Wildman–Crippen MR) is 102 cm³/mol. The highest BCUT2D eigenvalue weighted by Crippen LogP contribution is 2.47. The van der Waals surface area contributed by atoms with E-state index in [1.165, 1.54) is 25.7 Å². The molecule has 0 aromatic heterocycles. The van der Waals surface area contributed by atoms with Crippen molar-refractivity contribution in [1.29, 1.82) is 0 Å². The third-order valence-corrected chi connectivity index (χ3v) is 4.37. The van der Waals surface area contributed by atoms with E-state index in [-0.39, 0.29) is 42.0 Å². The maximum Gasteiger partial charge on any atom is 0.242 e. The normalized spacial score (nSPS) is 20.4. The van der Waals surface area contributed by atoms with E-state index in [9.17, 15) is 4.79 Å². The minimum atomic E-state index is -0.200. The van der Waals surface area contributed by atoms with Gasteiger partial charge in [0.2, 0.25) is 5.91 Å². The van der Waals surface area contributed by atoms with Crippen LogP contribution in [0.2, 0.25) is 0 Å². The van der Waals surface area contributed by atoms with Crippen molar-refractivity contribution in [2.45, 2.75) is 58.9 Å². The Morgan fingerprint density at radius 1 is 1.27 bits per heavy atom. The van der Waals surface area contributed by atoms with Gasteiger partial charge in [0.05, 0.1) is 0 Å². The SMILES string of the molecule is CCNC(=NCC(=O)NC(C)(C)C)N1CCC2(CCC2)C1.I. The van der Waals surface area contributed by atoms with Crippen molar-refractivity contribution in [2.75, 3.05) is 26.2 Å². The van der Waals surface area contributed by atoms with Gasteiger partial charge in [-0.25, -0.2) is 4.99 Å². The number of rotatable bonds is 3. The summed E-state index contributed by atoms with van der Waals surface area (Å²) in [7, 11) is 0. The van der Waals surface area contributed by atoms with Crippen molar-refractivity contribution < 1.29 is 4.79 Å². The number of nitrogens with one attached hydrogen (secondary N) is 2. The lowest BCUT2D eigenvalue weighted by Gasteiger charge is -2.38. The first-order valence-corrected chi connectivity index (χ1v) is 8.18. The standard InChI is InChI=1S/C16H30N4O.HI/c1-5-17-14(18-11-13(21)19-15(2,3)4)20-10-9-16(12-20)7-6-8-16;/h5-12H2,1-4H3,(H,17,18)(H,19,21);1H. The molecule has 1 spiro atoms. The van der Waals surface area contributed by atoms with E-state index < -0.39 is 0 Å². The number of carbonyl (C=O) groups excluding carboxylic acids is 1. The third kappa shape index (κ3) is 5.28. The summed E-state index contributed by atoms with van der Waals surface area (Å²) in [5.74, 6) is 0.876. The van der Waals surface area contributed by atoms with Crippen molar-refractivity contribution in [3.8, 4) is 0 Å². The van der Waals surface area contributed by atoms with E-state index in [0.717, 1.165) is 25.6 Å². The number of amides is 1. The average molecular weight is 422 g/mol. The summed E-state index contributed by atoms with van der Waals surface area (Å²) in [6.45, 7) is 11.2. The smallest absolute Gasteiger partial charge is 0.242 e. The molecule has 1 amide bonds. The van der Waals surface area contributed by atoms with Crippen LogP contribution in [0.5, 0.6) is 0 Å². The summed E-state index contributed by atoms with van der Waals surface area (Å²) >= 11 is 0. The number of likely N-dealkylation sites (tertiary alicyclic amines) is 1. The zero-order valence-corrected chi connectivity index (χ0v) is 16.7. The summed E-state index contributed by atoms with van der Waals surface area (Å²) in [6.07, 6.45) is 5.35. The molecule has 1 saturated carbocycles. The van der Waals surface area contributed by atoms with Gasteiger partial charge in [-0.15, -0.1) is 24.0 Å². The quantitative estimate of drug-likeness (QED) is 0.417. The Bertz CT molecular complexity index is 413. The van der Waals surface area contributed by atoms with Crippen molar-refractivity contribution >= 4 is 35.8 Å². The summed E-state index contributed by atoms with van der Waals surface area (Å²) < 4.78 is 0. The Hall–Kier alpha value is -0.530. The average Bonchev–Trinajstić information content (AvgIpc) is 2.77. The Morgan fingerprint density at radius 2 is 1.95 bits per heavy atom. The molecular formula is C16H31IN4O. The van der Waals surface area contributed by atoms with Gasteiger partial charge in [0.25, 0.3) is 0 Å². The molecule has 0 atom stereocenters. The molecule has 2 aliphatic rings. The molecular weight excluding hydrogens is 391 g/mol. The Kier molecular flexibility index (Phi) is 6.95. The summed E-state index contributed by atoms with van der Waals surface area (Å²) in [6, 6.07) is 0. The van der Waals surface area contributed by atoms with Crippen LogP contribution in [0.25, 0.3) is 0 Å². The molecule has 6 heteroatoms. The Morgan fingerprint density at radius 3 is 2.41 bits per heavy atom. The Labute approximate surface area is 151 Å². The fraction of sp³-hybridized carbons (Fsp3) is 0.875. The summed E-state index contributed by atoms with van der Waals surface area (Å²) in [5.41, 5.74) is 0.346. The highest BCUT2D eigenvalue weighted by atomic mass is 127. The molecule has 22 heavy (non-hydrogen) atoms. The summed E-state index contributed by atoms with van der Waals surface area (Å²) in [5, 5.41) is 6.28. The monoisotopic (exact) mass is 422 g/mol. The number of guanidine groups is 1. The molecule has 0 unspecified atom stereocenters. The van der Waals surface area contributed by atoms with Crippen molar-refractivity contribution in [3.05, 3.63) is 0 Å². The third-order valence-electron chi connectivity index (χ3n) is 4.37. The number of nitrogens with zero attached hydrogens (tertiary/aromatic N) is 2. The molecule has 0 radical (unpaired) electrons. The van der Waals surface area contributed by atoms with Crippen molar-refractivity contribution in [3.63, 3.8) is 0 Å². The topological polar surface area (TPSA) is 56.7 Å². The maximum absolute atomic E-state index is 11.9. The molecule has 1 saturated heterocycles. The van der Waals surface area contributed by atoms with Crippen LogP contribution in [-0.4, -0.2) is 48.5 Å². The van der Waals surface area contributed by atoms with Gasteiger partial charge < -0.3 is 15.5 Å². The van der Waals surface area contributed by atoms with Crippen LogP contribution in [0.1, 0.15) is 53.4 Å². The molecule has 2 N–H and O–H groups in total. The van der Waals surface area contributed by atoms with Crippen LogP contribution < -0.4 is 10.6 Å². The number of halogens is 1. The molecule has 0 bridgehead atoms. The van der Waals surface area contributed by atoms with Crippen LogP contribution in [-0.2, 0) is 4.79 Å². The van der Waals surface area contributed by atoms with Crippen molar-refractivity contribution in [2.24, 2.45) is 10.4 Å². The molecule has 5 nitrogen and oxygen atoms in total. The van der Waals surface area contributed by atoms with E-state index >= 15 is 0 Å². The molecule has 1 aliphatic heterocycles. The molecule has 128 valence electrons. The zero-order chi connectivity index (χ0) is 15.5. The van der Waals surface area contributed by atoms with E-state index in [4.69, 9.17) is 0 Å². The van der Waals surface area contributed by atoms with E-state index in [2.05, 4.69) is 27.4 Å². The van der Waals surface area contributed by atoms with Gasteiger partial charge in [-0.05, 0) is 52.4 Å². The van der Waals surface area contributed by atoms with Crippen molar-refractivity contribution in [1.82, 2.24) is 15.5 Å². The van der Waals surface area contributed by atoms with E-state index in [1.54, 1.807) is 0 Å². The van der Waals surface area contributed by atoms with Gasteiger partial charge in [-0.3, -0.25) is 4.79 Å². The molecule has 2 rings (SSSR count). The number of carbonyl (C=O) groups is 1. The van der Waals surface area contributed by atoms with Crippen LogP contribution in [0.3, 0.4) is 0 Å². The van der Waals surface area contributed by atoms with Gasteiger partial charge in [-0.2, -0.15) is 0 Å². The van der Waals surface area contributed by atoms with Gasteiger partial charge in [0.15, 0.2) is 5.96 Å². The molecule has 2 fully saturated rings. The van der Waals surface area contributed by atoms with Gasteiger partial charge >= 0.3 is 0 Å². The lowest BCUT2D eigenvalue weighted by molar-refractivity contribution is -0.121. The first kappa shape index (κ1) is 19.5. The number of hydrogen-bond donors (Lipinski definition) is 2. The summed E-state index contributed by atoms with van der Waals surface area (Å²) in [4.78, 5) is 18.8. The molecule has 0 aromatic carbocycles. The van der Waals surface area contributed by atoms with Crippen LogP contribution in [0, 0.1) is 5.41 Å². The second-order valence-corrected chi connectivity index (χ2v) is 7.49. The molecule has 1 aliphatic carbocycles. The first-order chi connectivity index (χ1) is 9.84. The maximum atomic E-state index is 11.9. The minimum Gasteiger partial charge on any atom is -0.357 e. The van der Waals surface area contributed by atoms with E-state index in [1.807, 2.05) is 20.8 Å². The number of aliphatic imine (C=N–C) groups is 1. The largest absolute Gasteiger partial charge is 0.357 e. The second kappa shape index (κ2) is 7.84. The van der Waals surface area contributed by atoms with E-state index in [0.29, 0.717) is 5.41 Å². The predicted octanol–water partition coefficient (Wildman–Crippen LogP) is 2.36. The lowest BCUT2D eigenvalue weighted by Crippen LogP contribution is -2.44. The fourth-order valence-electron chi connectivity index (χ4n) is 3.23. The van der Waals surface area contributed by atoms with Crippen LogP contribution in [0.4, 0.5) is 0 Å². The van der Waals surface area contributed by atoms with Gasteiger partial charge in [0, 0.05) is 25.2 Å². The van der Waals surface area contributed by atoms with Gasteiger partial charge in [0.1, 0.15) is 6.54 Å². The molecule has 1 heterocycles. The number of hydrogen-bond acceptors (Lipinski definition) is 2. The minimum absolute atomic E-state index is 0. The molecule has 0 aromatic rings. The highest BCUT2D eigenvalue weighted by Gasteiger charge is 2.43. The first-order valence-electron chi connectivity index (χ1n) is 8.18. The zero-order valence-electron chi connectivity index (χ0n) is 14.4. The van der Waals surface area contributed by atoms with Crippen LogP contribution in [0.15, 0.2) is 4.99 Å². The lowest BCUT2D eigenvalue weighted by atomic mass is 9.68. The highest BCUT2D eigenvalue weighted by molar-refractivity contribution is 14.0. The second-order valence-electron chi connectivity index (χ2n) is 7.49. The van der Waals surface area contributed by atoms with Crippen LogP contribution >= 0.6 is 24.0 Å². The Balaban J connectivity index is 0.00000242. The van der Waals surface area contributed by atoms with Gasteiger partial charge in [-0.1, -0.05) is 6.42 Å². The fourth-order valence-corrected chi connectivity index (χ4v) is 3.23.